The lowest BCUT2D eigenvalue weighted by Gasteiger charge is -2.39. The van der Waals surface area contributed by atoms with Crippen molar-refractivity contribution in [3.05, 3.63) is 23.3 Å². The highest BCUT2D eigenvalue weighted by atomic mass is 16.5. The van der Waals surface area contributed by atoms with Gasteiger partial charge in [0.15, 0.2) is 11.5 Å². The molecule has 2 heterocycles. The summed E-state index contributed by atoms with van der Waals surface area (Å²) in [5.74, 6) is 1.64. The number of Topliss-reactive ketones (excluding diaryl/α,β-unsaturated/α-hetero) is 1. The van der Waals surface area contributed by atoms with E-state index in [1.165, 1.54) is 5.56 Å². The van der Waals surface area contributed by atoms with Crippen LogP contribution in [0.1, 0.15) is 42.9 Å². The van der Waals surface area contributed by atoms with Crippen LogP contribution in [0.25, 0.3) is 0 Å². The second-order valence-corrected chi connectivity index (χ2v) is 5.84. The first kappa shape index (κ1) is 14.9. The Morgan fingerprint density at radius 3 is 2.45 bits per heavy atom. The Kier molecular flexibility index (Phi) is 4.05. The minimum atomic E-state index is -0.0275. The first-order chi connectivity index (χ1) is 10.6. The van der Waals surface area contributed by atoms with Crippen LogP contribution in [-0.2, 0) is 16.0 Å². The summed E-state index contributed by atoms with van der Waals surface area (Å²) in [5.41, 5.74) is 2.27. The van der Waals surface area contributed by atoms with Gasteiger partial charge in [0, 0.05) is 25.8 Å². The molecule has 0 aromatic heterocycles. The van der Waals surface area contributed by atoms with Crippen LogP contribution in [0.5, 0.6) is 11.5 Å². The van der Waals surface area contributed by atoms with E-state index in [1.54, 1.807) is 14.2 Å². The van der Waals surface area contributed by atoms with Crippen molar-refractivity contribution in [2.45, 2.75) is 38.1 Å². The van der Waals surface area contributed by atoms with Crippen LogP contribution in [0.4, 0.5) is 0 Å². The number of rotatable bonds is 2. The topological polar surface area (TPSA) is 55.8 Å². The number of hydrogen-bond acceptors (Lipinski definition) is 4. The molecule has 2 aliphatic heterocycles. The first-order valence-electron chi connectivity index (χ1n) is 7.70. The molecule has 1 unspecified atom stereocenters. The maximum atomic E-state index is 12.4. The number of fused-ring (bicyclic) bond motifs is 3. The number of nitrogens with zero attached hydrogens (tertiary/aromatic N) is 1. The zero-order valence-corrected chi connectivity index (χ0v) is 13.1. The molecular formula is C17H21NO4. The molecule has 5 nitrogen and oxygen atoms in total. The number of hydrogen-bond donors (Lipinski definition) is 0. The normalized spacial score (nSPS) is 21.5. The number of carbonyl (C=O) groups excluding carboxylic acids is 2. The quantitative estimate of drug-likeness (QED) is 0.841. The number of ether oxygens (including phenoxy) is 2. The Labute approximate surface area is 130 Å². The summed E-state index contributed by atoms with van der Waals surface area (Å²) in [6.45, 7) is 0.709. The third-order valence-corrected chi connectivity index (χ3v) is 4.64. The molecule has 2 aliphatic rings. The second kappa shape index (κ2) is 5.99. The molecular weight excluding hydrogens is 282 g/mol. The van der Waals surface area contributed by atoms with Gasteiger partial charge in [-0.3, -0.25) is 9.59 Å². The smallest absolute Gasteiger partial charge is 0.223 e. The largest absolute Gasteiger partial charge is 0.493 e. The van der Waals surface area contributed by atoms with Crippen LogP contribution in [0.3, 0.4) is 0 Å². The van der Waals surface area contributed by atoms with Gasteiger partial charge in [0.25, 0.3) is 0 Å². The van der Waals surface area contributed by atoms with Gasteiger partial charge >= 0.3 is 0 Å². The van der Waals surface area contributed by atoms with Crippen LogP contribution in [0.15, 0.2) is 12.1 Å². The Morgan fingerprint density at radius 2 is 1.73 bits per heavy atom. The standard InChI is InChI=1S/C17H21NO4/c1-21-15-9-11-7-8-18-14(13(11)10-16(15)22-2)5-3-12(19)4-6-17(18)20/h9-10,14H,3-8H2,1-2H3. The Bertz CT molecular complexity index is 611. The molecule has 1 amide bonds. The van der Waals surface area contributed by atoms with Crippen molar-refractivity contribution < 1.29 is 19.1 Å². The molecule has 1 fully saturated rings. The lowest BCUT2D eigenvalue weighted by atomic mass is 9.87. The van der Waals surface area contributed by atoms with Gasteiger partial charge in [-0.2, -0.15) is 0 Å². The molecule has 0 aliphatic carbocycles. The summed E-state index contributed by atoms with van der Waals surface area (Å²) in [6, 6.07) is 3.93. The lowest BCUT2D eigenvalue weighted by Crippen LogP contribution is -2.41. The average molecular weight is 303 g/mol. The Morgan fingerprint density at radius 1 is 1.00 bits per heavy atom. The summed E-state index contributed by atoms with van der Waals surface area (Å²) < 4.78 is 10.8. The molecule has 0 N–H and O–H groups in total. The highest BCUT2D eigenvalue weighted by Gasteiger charge is 2.33. The molecule has 0 bridgehead atoms. The predicted molar refractivity (Wildman–Crippen MR) is 81.2 cm³/mol. The monoisotopic (exact) mass is 303 g/mol. The van der Waals surface area contributed by atoms with Gasteiger partial charge in [-0.05, 0) is 36.1 Å². The molecule has 5 heteroatoms. The van der Waals surface area contributed by atoms with Crippen molar-refractivity contribution in [3.8, 4) is 11.5 Å². The molecule has 0 spiro atoms. The van der Waals surface area contributed by atoms with E-state index in [0.29, 0.717) is 43.7 Å². The minimum Gasteiger partial charge on any atom is -0.493 e. The van der Waals surface area contributed by atoms with Gasteiger partial charge in [-0.15, -0.1) is 0 Å². The zero-order chi connectivity index (χ0) is 15.7. The van der Waals surface area contributed by atoms with Gasteiger partial charge in [0.2, 0.25) is 5.91 Å². The SMILES string of the molecule is COc1cc2c(cc1OC)C1CCC(=O)CCC(=O)N1CC2. The van der Waals surface area contributed by atoms with Crippen molar-refractivity contribution >= 4 is 11.7 Å². The van der Waals surface area contributed by atoms with Crippen LogP contribution >= 0.6 is 0 Å². The summed E-state index contributed by atoms with van der Waals surface area (Å²) in [5, 5.41) is 0. The number of methoxy groups -OCH3 is 2. The number of benzene rings is 1. The number of carbonyl (C=O) groups is 2. The predicted octanol–water partition coefficient (Wildman–Crippen LogP) is 2.27. The zero-order valence-electron chi connectivity index (χ0n) is 13.1. The molecule has 0 radical (unpaired) electrons. The van der Waals surface area contributed by atoms with Gasteiger partial charge in [0.1, 0.15) is 5.78 Å². The molecule has 22 heavy (non-hydrogen) atoms. The summed E-state index contributed by atoms with van der Waals surface area (Å²) in [7, 11) is 3.23. The lowest BCUT2D eigenvalue weighted by molar-refractivity contribution is -0.137. The number of amides is 1. The molecule has 118 valence electrons. The molecule has 1 aromatic rings. The van der Waals surface area contributed by atoms with Crippen molar-refractivity contribution in [2.75, 3.05) is 20.8 Å². The van der Waals surface area contributed by atoms with Crippen molar-refractivity contribution in [1.29, 1.82) is 0 Å². The van der Waals surface area contributed by atoms with E-state index in [4.69, 9.17) is 9.47 Å². The van der Waals surface area contributed by atoms with Gasteiger partial charge in [-0.1, -0.05) is 0 Å². The van der Waals surface area contributed by atoms with E-state index >= 15 is 0 Å². The first-order valence-corrected chi connectivity index (χ1v) is 7.70. The summed E-state index contributed by atoms with van der Waals surface area (Å²) in [6.07, 6.45) is 2.74. The van der Waals surface area contributed by atoms with Crippen molar-refractivity contribution in [1.82, 2.24) is 4.90 Å². The van der Waals surface area contributed by atoms with Crippen LogP contribution in [-0.4, -0.2) is 37.4 Å². The molecule has 3 rings (SSSR count). The number of ketones is 1. The summed E-state index contributed by atoms with van der Waals surface area (Å²) >= 11 is 0. The average Bonchev–Trinajstić information content (AvgIpc) is 2.54. The fraction of sp³-hybridized carbons (Fsp3) is 0.529. The van der Waals surface area contributed by atoms with Gasteiger partial charge < -0.3 is 14.4 Å². The molecule has 0 saturated carbocycles. The molecule has 1 saturated heterocycles. The van der Waals surface area contributed by atoms with Gasteiger partial charge in [0.05, 0.1) is 20.3 Å². The third-order valence-electron chi connectivity index (χ3n) is 4.64. The highest BCUT2D eigenvalue weighted by Crippen LogP contribution is 2.40. The van der Waals surface area contributed by atoms with E-state index < -0.39 is 0 Å². The fourth-order valence-corrected chi connectivity index (χ4v) is 3.45. The highest BCUT2D eigenvalue weighted by molar-refractivity contribution is 5.86. The Balaban J connectivity index is 2.02. The van der Waals surface area contributed by atoms with E-state index in [0.717, 1.165) is 12.0 Å². The van der Waals surface area contributed by atoms with Crippen molar-refractivity contribution in [3.63, 3.8) is 0 Å². The van der Waals surface area contributed by atoms with E-state index in [2.05, 4.69) is 0 Å². The third kappa shape index (κ3) is 2.56. The fourth-order valence-electron chi connectivity index (χ4n) is 3.45. The molecule has 1 atom stereocenters. The van der Waals surface area contributed by atoms with Gasteiger partial charge in [-0.25, -0.2) is 0 Å². The van der Waals surface area contributed by atoms with Crippen LogP contribution < -0.4 is 9.47 Å². The van der Waals surface area contributed by atoms with E-state index in [9.17, 15) is 9.59 Å². The van der Waals surface area contributed by atoms with E-state index in [-0.39, 0.29) is 17.7 Å². The second-order valence-electron chi connectivity index (χ2n) is 5.84. The van der Waals surface area contributed by atoms with E-state index in [1.807, 2.05) is 17.0 Å². The molecule has 1 aromatic carbocycles. The van der Waals surface area contributed by atoms with Crippen LogP contribution in [0, 0.1) is 0 Å². The van der Waals surface area contributed by atoms with Crippen molar-refractivity contribution in [2.24, 2.45) is 0 Å². The van der Waals surface area contributed by atoms with Crippen LogP contribution in [0.2, 0.25) is 0 Å². The summed E-state index contributed by atoms with van der Waals surface area (Å²) in [4.78, 5) is 26.1. The maximum absolute atomic E-state index is 12.4. The minimum absolute atomic E-state index is 0.0275. The maximum Gasteiger partial charge on any atom is 0.223 e. The Hall–Kier alpha value is -2.04.